The third-order valence-corrected chi connectivity index (χ3v) is 5.38. The fourth-order valence-corrected chi connectivity index (χ4v) is 3.92. The molecule has 1 aromatic heterocycles. The first-order valence-electron chi connectivity index (χ1n) is 9.04. The van der Waals surface area contributed by atoms with Gasteiger partial charge < -0.3 is 4.90 Å². The van der Waals surface area contributed by atoms with Gasteiger partial charge in [-0.2, -0.15) is 5.26 Å². The molecule has 2 fully saturated rings. The van der Waals surface area contributed by atoms with E-state index in [1.165, 1.54) is 32.1 Å². The van der Waals surface area contributed by atoms with Crippen molar-refractivity contribution in [3.8, 4) is 6.07 Å². The standard InChI is InChI=1S/C19H26N4O/c1-15-7-8-17(14-21-15)19(24)23-11-9-22(10-12-23)18(13-20)16-5-3-2-4-6-16/h7-8,14,16,18H,2-6,9-12H2,1H3. The number of amides is 1. The van der Waals surface area contributed by atoms with E-state index in [4.69, 9.17) is 0 Å². The molecule has 0 radical (unpaired) electrons. The van der Waals surface area contributed by atoms with Gasteiger partial charge >= 0.3 is 0 Å². The Morgan fingerprint density at radius 1 is 1.21 bits per heavy atom. The van der Waals surface area contributed by atoms with Crippen LogP contribution in [0.4, 0.5) is 0 Å². The lowest BCUT2D eigenvalue weighted by molar-refractivity contribution is 0.0538. The highest BCUT2D eigenvalue weighted by Crippen LogP contribution is 2.29. The van der Waals surface area contributed by atoms with Gasteiger partial charge in [-0.3, -0.25) is 14.7 Å². The zero-order chi connectivity index (χ0) is 16.9. The van der Waals surface area contributed by atoms with Crippen LogP contribution in [0.15, 0.2) is 18.3 Å². The van der Waals surface area contributed by atoms with E-state index in [1.54, 1.807) is 6.20 Å². The second kappa shape index (κ2) is 7.76. The predicted octanol–water partition coefficient (Wildman–Crippen LogP) is 2.62. The Morgan fingerprint density at radius 2 is 1.92 bits per heavy atom. The summed E-state index contributed by atoms with van der Waals surface area (Å²) in [7, 11) is 0. The Morgan fingerprint density at radius 3 is 2.50 bits per heavy atom. The quantitative estimate of drug-likeness (QED) is 0.857. The predicted molar refractivity (Wildman–Crippen MR) is 92.4 cm³/mol. The number of pyridine rings is 1. The van der Waals surface area contributed by atoms with Gasteiger partial charge in [0.15, 0.2) is 0 Å². The summed E-state index contributed by atoms with van der Waals surface area (Å²) >= 11 is 0. The first-order chi connectivity index (χ1) is 11.7. The third-order valence-electron chi connectivity index (χ3n) is 5.38. The lowest BCUT2D eigenvalue weighted by atomic mass is 9.83. The Balaban J connectivity index is 1.57. The average molecular weight is 326 g/mol. The van der Waals surface area contributed by atoms with Gasteiger partial charge in [0, 0.05) is 38.1 Å². The SMILES string of the molecule is Cc1ccc(C(=O)N2CCN(C(C#N)C3CCCCC3)CC2)cn1. The van der Waals surface area contributed by atoms with Gasteiger partial charge in [-0.05, 0) is 37.8 Å². The highest BCUT2D eigenvalue weighted by molar-refractivity contribution is 5.94. The van der Waals surface area contributed by atoms with Crippen molar-refractivity contribution in [2.24, 2.45) is 5.92 Å². The average Bonchev–Trinajstić information content (AvgIpc) is 2.64. The molecule has 1 aromatic rings. The van der Waals surface area contributed by atoms with Crippen LogP contribution in [0, 0.1) is 24.2 Å². The lowest BCUT2D eigenvalue weighted by Gasteiger charge is -2.40. The van der Waals surface area contributed by atoms with E-state index in [9.17, 15) is 10.1 Å². The molecule has 1 amide bonds. The minimum Gasteiger partial charge on any atom is -0.336 e. The maximum absolute atomic E-state index is 12.6. The van der Waals surface area contributed by atoms with E-state index in [2.05, 4.69) is 16.0 Å². The molecule has 0 spiro atoms. The summed E-state index contributed by atoms with van der Waals surface area (Å²) in [6.45, 7) is 4.88. The largest absolute Gasteiger partial charge is 0.336 e. The second-order valence-electron chi connectivity index (χ2n) is 6.99. The number of piperazine rings is 1. The van der Waals surface area contributed by atoms with Crippen molar-refractivity contribution in [3.05, 3.63) is 29.6 Å². The van der Waals surface area contributed by atoms with Crippen LogP contribution in [0.1, 0.15) is 48.2 Å². The van der Waals surface area contributed by atoms with Crippen molar-refractivity contribution < 1.29 is 4.79 Å². The normalized spacial score (nSPS) is 21.2. The van der Waals surface area contributed by atoms with E-state index < -0.39 is 0 Å². The van der Waals surface area contributed by atoms with E-state index in [0.717, 1.165) is 18.8 Å². The Labute approximate surface area is 144 Å². The molecule has 1 saturated heterocycles. The molecule has 1 aliphatic heterocycles. The third kappa shape index (κ3) is 3.76. The number of nitrogens with zero attached hydrogens (tertiary/aromatic N) is 4. The fourth-order valence-electron chi connectivity index (χ4n) is 3.92. The van der Waals surface area contributed by atoms with E-state index in [0.29, 0.717) is 24.6 Å². The monoisotopic (exact) mass is 326 g/mol. The van der Waals surface area contributed by atoms with Crippen LogP contribution in [0.5, 0.6) is 0 Å². The number of carbonyl (C=O) groups excluding carboxylic acids is 1. The molecule has 2 heterocycles. The molecule has 1 saturated carbocycles. The maximum atomic E-state index is 12.6. The highest BCUT2D eigenvalue weighted by Gasteiger charge is 2.32. The summed E-state index contributed by atoms with van der Waals surface area (Å²) in [4.78, 5) is 20.9. The van der Waals surface area contributed by atoms with Gasteiger partial charge in [-0.1, -0.05) is 19.3 Å². The molecule has 128 valence electrons. The minimum atomic E-state index is 0.0172. The molecule has 1 atom stereocenters. The van der Waals surface area contributed by atoms with Crippen LogP contribution in [0.3, 0.4) is 0 Å². The molecule has 0 N–H and O–H groups in total. The molecular formula is C19H26N4O. The van der Waals surface area contributed by atoms with Crippen LogP contribution >= 0.6 is 0 Å². The summed E-state index contributed by atoms with van der Waals surface area (Å²) < 4.78 is 0. The van der Waals surface area contributed by atoms with Crippen LogP contribution in [-0.4, -0.2) is 52.9 Å². The Kier molecular flexibility index (Phi) is 5.47. The molecule has 0 aromatic carbocycles. The number of rotatable bonds is 3. The number of carbonyl (C=O) groups is 1. The van der Waals surface area contributed by atoms with Gasteiger partial charge in [0.05, 0.1) is 11.6 Å². The summed E-state index contributed by atoms with van der Waals surface area (Å²) in [5.41, 5.74) is 1.57. The van der Waals surface area contributed by atoms with Crippen molar-refractivity contribution in [1.29, 1.82) is 5.26 Å². The molecule has 2 aliphatic rings. The summed E-state index contributed by atoms with van der Waals surface area (Å²) in [6, 6.07) is 6.27. The summed E-state index contributed by atoms with van der Waals surface area (Å²) in [6.07, 6.45) is 7.81. The summed E-state index contributed by atoms with van der Waals surface area (Å²) in [5.74, 6) is 0.556. The van der Waals surface area contributed by atoms with E-state index >= 15 is 0 Å². The Bertz CT molecular complexity index is 593. The molecule has 1 aliphatic carbocycles. The molecule has 5 nitrogen and oxygen atoms in total. The molecule has 0 bridgehead atoms. The number of aryl methyl sites for hydroxylation is 1. The Hall–Kier alpha value is -1.93. The van der Waals surface area contributed by atoms with E-state index in [1.807, 2.05) is 24.0 Å². The van der Waals surface area contributed by atoms with Gasteiger partial charge in [0.2, 0.25) is 0 Å². The topological polar surface area (TPSA) is 60.2 Å². The molecule has 5 heteroatoms. The number of hydrogen-bond acceptors (Lipinski definition) is 4. The first kappa shape index (κ1) is 16.9. The molecule has 1 unspecified atom stereocenters. The van der Waals surface area contributed by atoms with Gasteiger partial charge in [0.25, 0.3) is 5.91 Å². The van der Waals surface area contributed by atoms with Crippen molar-refractivity contribution in [1.82, 2.24) is 14.8 Å². The first-order valence-corrected chi connectivity index (χ1v) is 9.04. The van der Waals surface area contributed by atoms with Gasteiger partial charge in [-0.15, -0.1) is 0 Å². The van der Waals surface area contributed by atoms with Crippen LogP contribution in [0.25, 0.3) is 0 Å². The van der Waals surface area contributed by atoms with E-state index in [-0.39, 0.29) is 11.9 Å². The number of aromatic nitrogens is 1. The van der Waals surface area contributed by atoms with Crippen LogP contribution in [0.2, 0.25) is 0 Å². The van der Waals surface area contributed by atoms with Crippen LogP contribution < -0.4 is 0 Å². The molecule has 3 rings (SSSR count). The zero-order valence-electron chi connectivity index (χ0n) is 14.4. The van der Waals surface area contributed by atoms with Crippen molar-refractivity contribution in [2.45, 2.75) is 45.1 Å². The van der Waals surface area contributed by atoms with Crippen LogP contribution in [-0.2, 0) is 0 Å². The number of hydrogen-bond donors (Lipinski definition) is 0. The number of nitriles is 1. The second-order valence-corrected chi connectivity index (χ2v) is 6.99. The molecule has 24 heavy (non-hydrogen) atoms. The highest BCUT2D eigenvalue weighted by atomic mass is 16.2. The smallest absolute Gasteiger partial charge is 0.255 e. The van der Waals surface area contributed by atoms with Gasteiger partial charge in [0.1, 0.15) is 6.04 Å². The lowest BCUT2D eigenvalue weighted by Crippen LogP contribution is -2.53. The van der Waals surface area contributed by atoms with Crippen molar-refractivity contribution in [2.75, 3.05) is 26.2 Å². The van der Waals surface area contributed by atoms with Crippen molar-refractivity contribution in [3.63, 3.8) is 0 Å². The van der Waals surface area contributed by atoms with Crippen molar-refractivity contribution >= 4 is 5.91 Å². The minimum absolute atomic E-state index is 0.0172. The van der Waals surface area contributed by atoms with Gasteiger partial charge in [-0.25, -0.2) is 0 Å². The zero-order valence-corrected chi connectivity index (χ0v) is 14.4. The maximum Gasteiger partial charge on any atom is 0.255 e. The summed E-state index contributed by atoms with van der Waals surface area (Å²) in [5, 5.41) is 9.63. The fraction of sp³-hybridized carbons (Fsp3) is 0.632. The molecular weight excluding hydrogens is 300 g/mol.